The van der Waals surface area contributed by atoms with Gasteiger partial charge < -0.3 is 14.3 Å². The second-order valence-corrected chi connectivity index (χ2v) is 8.88. The van der Waals surface area contributed by atoms with Crippen LogP contribution in [0, 0.1) is 17.0 Å². The number of nitrogens with zero attached hydrogens (tertiary/aromatic N) is 6. The zero-order valence-electron chi connectivity index (χ0n) is 18.6. The molecule has 34 heavy (non-hydrogen) atoms. The molecule has 1 aliphatic heterocycles. The summed E-state index contributed by atoms with van der Waals surface area (Å²) < 4.78 is 5.39. The number of pyridine rings is 2. The van der Waals surface area contributed by atoms with Crippen molar-refractivity contribution >= 4 is 39.2 Å². The molecule has 4 heterocycles. The number of benzene rings is 1. The summed E-state index contributed by atoms with van der Waals surface area (Å²) in [7, 11) is 0. The number of carbonyl (C=O) groups is 1. The SMILES string of the molecule is Cc1noc2nc(C3CC3)cc(C(=O)N3CCN(c4ccc([N+](=O)[O-])c5cnccc45)CC3)c12. The van der Waals surface area contributed by atoms with Crippen LogP contribution in [0.2, 0.25) is 0 Å². The molecule has 2 fully saturated rings. The smallest absolute Gasteiger partial charge is 0.278 e. The number of non-ortho nitro benzene ring substituents is 1. The lowest BCUT2D eigenvalue weighted by Crippen LogP contribution is -2.49. The lowest BCUT2D eigenvalue weighted by atomic mass is 10.1. The van der Waals surface area contributed by atoms with Crippen LogP contribution in [0.25, 0.3) is 21.9 Å². The van der Waals surface area contributed by atoms with Crippen LogP contribution in [0.3, 0.4) is 0 Å². The maximum absolute atomic E-state index is 13.6. The van der Waals surface area contributed by atoms with Gasteiger partial charge in [0.1, 0.15) is 0 Å². The van der Waals surface area contributed by atoms with Gasteiger partial charge >= 0.3 is 0 Å². The zero-order valence-corrected chi connectivity index (χ0v) is 18.6. The predicted molar refractivity (Wildman–Crippen MR) is 125 cm³/mol. The molecule has 0 bridgehead atoms. The highest BCUT2D eigenvalue weighted by Gasteiger charge is 2.31. The van der Waals surface area contributed by atoms with Crippen LogP contribution < -0.4 is 4.90 Å². The van der Waals surface area contributed by atoms with Crippen molar-refractivity contribution in [2.75, 3.05) is 31.1 Å². The molecular weight excluding hydrogens is 436 g/mol. The van der Waals surface area contributed by atoms with Crippen LogP contribution in [0.4, 0.5) is 11.4 Å². The van der Waals surface area contributed by atoms with Crippen molar-refractivity contribution in [1.82, 2.24) is 20.0 Å². The summed E-state index contributed by atoms with van der Waals surface area (Å²) in [5.41, 5.74) is 3.54. The van der Waals surface area contributed by atoms with Gasteiger partial charge in [0.05, 0.1) is 27.0 Å². The van der Waals surface area contributed by atoms with E-state index in [1.165, 1.54) is 12.3 Å². The number of nitro groups is 1. The van der Waals surface area contributed by atoms with E-state index in [0.717, 1.165) is 29.6 Å². The highest BCUT2D eigenvalue weighted by molar-refractivity contribution is 6.06. The Morgan fingerprint density at radius 3 is 2.68 bits per heavy atom. The molecular formula is C24H22N6O4. The largest absolute Gasteiger partial charge is 0.367 e. The van der Waals surface area contributed by atoms with E-state index in [2.05, 4.69) is 20.0 Å². The molecule has 172 valence electrons. The van der Waals surface area contributed by atoms with E-state index in [4.69, 9.17) is 4.52 Å². The minimum Gasteiger partial charge on any atom is -0.367 e. The van der Waals surface area contributed by atoms with Gasteiger partial charge in [-0.15, -0.1) is 0 Å². The number of carbonyl (C=O) groups excluding carboxylic acids is 1. The van der Waals surface area contributed by atoms with Crippen molar-refractivity contribution < 1.29 is 14.2 Å². The van der Waals surface area contributed by atoms with Crippen LogP contribution in [-0.2, 0) is 0 Å². The highest BCUT2D eigenvalue weighted by Crippen LogP contribution is 2.41. The summed E-state index contributed by atoms with van der Waals surface area (Å²) in [5.74, 6) is 0.348. The minimum atomic E-state index is -0.386. The van der Waals surface area contributed by atoms with Gasteiger partial charge in [0.25, 0.3) is 17.3 Å². The van der Waals surface area contributed by atoms with Crippen molar-refractivity contribution in [2.45, 2.75) is 25.7 Å². The highest BCUT2D eigenvalue weighted by atomic mass is 16.6. The fraction of sp³-hybridized carbons (Fsp3) is 0.333. The maximum Gasteiger partial charge on any atom is 0.278 e. The standard InChI is InChI=1S/C24H22N6O4/c1-14-22-17(12-19(15-2-3-15)26-23(22)34-27-14)24(31)29-10-8-28(9-11-29)20-4-5-21(30(32)33)18-13-25-7-6-16(18)20/h4-7,12-13,15H,2-3,8-11H2,1H3. The number of nitro benzene ring substituents is 1. The third-order valence-electron chi connectivity index (χ3n) is 6.74. The fourth-order valence-corrected chi connectivity index (χ4v) is 4.79. The van der Waals surface area contributed by atoms with Crippen molar-refractivity contribution in [1.29, 1.82) is 0 Å². The Labute approximate surface area is 194 Å². The molecule has 0 unspecified atom stereocenters. The Balaban J connectivity index is 1.27. The number of anilines is 1. The molecule has 2 aliphatic rings. The van der Waals surface area contributed by atoms with E-state index in [1.54, 1.807) is 18.3 Å². The number of rotatable bonds is 4. The van der Waals surface area contributed by atoms with Crippen LogP contribution >= 0.6 is 0 Å². The number of amides is 1. The average Bonchev–Trinajstić information content (AvgIpc) is 3.65. The summed E-state index contributed by atoms with van der Waals surface area (Å²) in [6.07, 6.45) is 5.33. The number of fused-ring (bicyclic) bond motifs is 2. The Morgan fingerprint density at radius 1 is 1.15 bits per heavy atom. The van der Waals surface area contributed by atoms with Gasteiger partial charge in [-0.3, -0.25) is 19.9 Å². The van der Waals surface area contributed by atoms with Crippen molar-refractivity contribution in [3.05, 3.63) is 63.7 Å². The number of piperazine rings is 1. The Morgan fingerprint density at radius 2 is 1.94 bits per heavy atom. The van der Waals surface area contributed by atoms with E-state index in [-0.39, 0.29) is 16.5 Å². The first-order valence-electron chi connectivity index (χ1n) is 11.3. The molecule has 0 radical (unpaired) electrons. The van der Waals surface area contributed by atoms with Crippen LogP contribution in [0.5, 0.6) is 0 Å². The summed E-state index contributed by atoms with van der Waals surface area (Å²) >= 11 is 0. The lowest BCUT2D eigenvalue weighted by molar-refractivity contribution is -0.383. The average molecular weight is 458 g/mol. The van der Waals surface area contributed by atoms with Crippen LogP contribution in [0.1, 0.15) is 40.5 Å². The van der Waals surface area contributed by atoms with Gasteiger partial charge in [-0.05, 0) is 38.0 Å². The molecule has 10 heteroatoms. The summed E-state index contributed by atoms with van der Waals surface area (Å²) in [6, 6.07) is 7.03. The van der Waals surface area contributed by atoms with Gasteiger partial charge in [-0.25, -0.2) is 4.98 Å². The topological polar surface area (TPSA) is 119 Å². The van der Waals surface area contributed by atoms with E-state index >= 15 is 0 Å². The molecule has 6 rings (SSSR count). The molecule has 1 aromatic carbocycles. The number of aryl methyl sites for hydroxylation is 1. The van der Waals surface area contributed by atoms with Crippen molar-refractivity contribution in [3.8, 4) is 0 Å². The first-order chi connectivity index (χ1) is 16.5. The summed E-state index contributed by atoms with van der Waals surface area (Å²) in [6.45, 7) is 4.14. The summed E-state index contributed by atoms with van der Waals surface area (Å²) in [5, 5.41) is 17.4. The molecule has 0 atom stereocenters. The number of hydrogen-bond acceptors (Lipinski definition) is 8. The van der Waals surface area contributed by atoms with Gasteiger partial charge in [-0.1, -0.05) is 5.16 Å². The minimum absolute atomic E-state index is 0.0397. The molecule has 3 aromatic heterocycles. The van der Waals surface area contributed by atoms with Crippen molar-refractivity contribution in [2.24, 2.45) is 0 Å². The molecule has 1 amide bonds. The predicted octanol–water partition coefficient (Wildman–Crippen LogP) is 3.83. The lowest BCUT2D eigenvalue weighted by Gasteiger charge is -2.36. The van der Waals surface area contributed by atoms with Crippen LogP contribution in [-0.4, -0.2) is 57.0 Å². The van der Waals surface area contributed by atoms with E-state index in [9.17, 15) is 14.9 Å². The summed E-state index contributed by atoms with van der Waals surface area (Å²) in [4.78, 5) is 37.3. The molecule has 1 saturated carbocycles. The van der Waals surface area contributed by atoms with Gasteiger partial charge in [0.2, 0.25) is 0 Å². The molecule has 4 aromatic rings. The van der Waals surface area contributed by atoms with Crippen molar-refractivity contribution in [3.63, 3.8) is 0 Å². The second kappa shape index (κ2) is 7.75. The second-order valence-electron chi connectivity index (χ2n) is 8.88. The van der Waals surface area contributed by atoms with E-state index in [0.29, 0.717) is 59.8 Å². The number of hydrogen-bond donors (Lipinski definition) is 0. The maximum atomic E-state index is 13.6. The van der Waals surface area contributed by atoms with Gasteiger partial charge in [0, 0.05) is 67.3 Å². The van der Waals surface area contributed by atoms with E-state index < -0.39 is 0 Å². The molecule has 0 N–H and O–H groups in total. The molecule has 10 nitrogen and oxygen atoms in total. The molecule has 1 saturated heterocycles. The van der Waals surface area contributed by atoms with Gasteiger partial charge in [-0.2, -0.15) is 0 Å². The fourth-order valence-electron chi connectivity index (χ4n) is 4.79. The van der Waals surface area contributed by atoms with Crippen LogP contribution in [0.15, 0.2) is 41.2 Å². The third kappa shape index (κ3) is 3.33. The quantitative estimate of drug-likeness (QED) is 0.334. The monoisotopic (exact) mass is 458 g/mol. The Kier molecular flexibility index (Phi) is 4.68. The van der Waals surface area contributed by atoms with Gasteiger partial charge in [0.15, 0.2) is 0 Å². The normalized spacial score (nSPS) is 16.4. The first kappa shape index (κ1) is 20.5. The number of aromatic nitrogens is 3. The third-order valence-corrected chi connectivity index (χ3v) is 6.74. The molecule has 0 spiro atoms. The van der Waals surface area contributed by atoms with E-state index in [1.807, 2.05) is 17.9 Å². The molecule has 1 aliphatic carbocycles. The Bertz CT molecular complexity index is 1450. The zero-order chi connectivity index (χ0) is 23.4. The Hall–Kier alpha value is -4.08. The first-order valence-corrected chi connectivity index (χ1v) is 11.3.